The van der Waals surface area contributed by atoms with Crippen LogP contribution in [0.4, 0.5) is 18.0 Å². The molecule has 36 heavy (non-hydrogen) atoms. The molecule has 3 atom stereocenters. The summed E-state index contributed by atoms with van der Waals surface area (Å²) >= 11 is 0. The first-order valence-corrected chi connectivity index (χ1v) is 12.2. The van der Waals surface area contributed by atoms with E-state index in [1.165, 1.54) is 0 Å². The number of ether oxygens (including phenoxy) is 3. The van der Waals surface area contributed by atoms with Gasteiger partial charge in [-0.1, -0.05) is 45.5 Å². The third-order valence-electron chi connectivity index (χ3n) is 5.84. The number of H-pyrrole nitrogens is 1. The molecule has 1 fully saturated rings. The minimum atomic E-state index is -4.96. The fourth-order valence-electron chi connectivity index (χ4n) is 3.87. The molecule has 0 aliphatic carbocycles. The van der Waals surface area contributed by atoms with Crippen LogP contribution in [0.5, 0.6) is 0 Å². The summed E-state index contributed by atoms with van der Waals surface area (Å²) in [6.07, 6.45) is 3.03. The maximum absolute atomic E-state index is 13.2. The van der Waals surface area contributed by atoms with Crippen molar-refractivity contribution in [2.75, 3.05) is 26.3 Å². The van der Waals surface area contributed by atoms with E-state index in [0.29, 0.717) is 23.9 Å². The standard InChI is InChI=1S/C24H34F3N3O6/c1-4-7-9-10-12-29(11-8-5-2)23(33)35-16-19-18(34-13-6-3)14-20(36-19)30-15-17(24(25,26)27)21(31)28-22(30)32/h3,15,18-20H,4-5,7-14,16H2,1-2H3,(H,28,31,32)/t18-,19+,20+/m0/s1. The van der Waals surface area contributed by atoms with Crippen molar-refractivity contribution in [3.8, 4) is 12.3 Å². The molecule has 1 aliphatic rings. The van der Waals surface area contributed by atoms with Crippen LogP contribution >= 0.6 is 0 Å². The highest BCUT2D eigenvalue weighted by Crippen LogP contribution is 2.32. The Balaban J connectivity index is 2.13. The van der Waals surface area contributed by atoms with Crippen molar-refractivity contribution in [2.45, 2.75) is 83.4 Å². The lowest BCUT2D eigenvalue weighted by Gasteiger charge is -2.24. The zero-order valence-electron chi connectivity index (χ0n) is 20.6. The van der Waals surface area contributed by atoms with Crippen molar-refractivity contribution in [2.24, 2.45) is 0 Å². The van der Waals surface area contributed by atoms with Gasteiger partial charge in [-0.15, -0.1) is 6.42 Å². The highest BCUT2D eigenvalue weighted by atomic mass is 19.4. The second-order valence-electron chi connectivity index (χ2n) is 8.60. The zero-order valence-corrected chi connectivity index (χ0v) is 20.6. The summed E-state index contributed by atoms with van der Waals surface area (Å²) in [7, 11) is 0. The molecule has 1 aromatic rings. The molecule has 0 radical (unpaired) electrons. The molecule has 12 heteroatoms. The topological polar surface area (TPSA) is 103 Å². The van der Waals surface area contributed by atoms with Crippen LogP contribution in [0.15, 0.2) is 15.8 Å². The smallest absolute Gasteiger partial charge is 0.423 e. The maximum atomic E-state index is 13.2. The fourth-order valence-corrected chi connectivity index (χ4v) is 3.87. The number of hydrogen-bond donors (Lipinski definition) is 1. The van der Waals surface area contributed by atoms with Crippen molar-refractivity contribution in [1.29, 1.82) is 0 Å². The van der Waals surface area contributed by atoms with E-state index in [1.807, 2.05) is 6.92 Å². The number of carbonyl (C=O) groups excluding carboxylic acids is 1. The number of halogens is 3. The Kier molecular flexibility index (Phi) is 11.5. The average Bonchev–Trinajstić information content (AvgIpc) is 3.22. The van der Waals surface area contributed by atoms with E-state index in [2.05, 4.69) is 12.8 Å². The first kappa shape index (κ1) is 29.5. The molecule has 1 aliphatic heterocycles. The molecule has 1 saturated heterocycles. The molecule has 0 aromatic carbocycles. The van der Waals surface area contributed by atoms with Gasteiger partial charge in [0.25, 0.3) is 5.56 Å². The normalized spacial score (nSPS) is 19.7. The number of hydrogen-bond acceptors (Lipinski definition) is 6. The van der Waals surface area contributed by atoms with Crippen molar-refractivity contribution in [3.63, 3.8) is 0 Å². The van der Waals surface area contributed by atoms with Gasteiger partial charge in [-0.2, -0.15) is 13.2 Å². The van der Waals surface area contributed by atoms with E-state index in [4.69, 9.17) is 20.6 Å². The first-order chi connectivity index (χ1) is 17.1. The van der Waals surface area contributed by atoms with E-state index in [9.17, 15) is 27.6 Å². The number of unbranched alkanes of at least 4 members (excludes halogenated alkanes) is 4. The number of carbonyl (C=O) groups is 1. The number of nitrogens with zero attached hydrogens (tertiary/aromatic N) is 2. The molecule has 0 bridgehead atoms. The van der Waals surface area contributed by atoms with Gasteiger partial charge in [0.15, 0.2) is 0 Å². The highest BCUT2D eigenvalue weighted by molar-refractivity contribution is 5.67. The lowest BCUT2D eigenvalue weighted by molar-refractivity contribution is -0.139. The zero-order chi connectivity index (χ0) is 26.7. The number of aromatic nitrogens is 2. The van der Waals surface area contributed by atoms with Gasteiger partial charge in [-0.25, -0.2) is 9.59 Å². The second-order valence-corrected chi connectivity index (χ2v) is 8.60. The van der Waals surface area contributed by atoms with Crippen LogP contribution in [0.2, 0.25) is 0 Å². The van der Waals surface area contributed by atoms with Crippen molar-refractivity contribution in [3.05, 3.63) is 32.6 Å². The second kappa shape index (κ2) is 14.1. The molecule has 1 amide bonds. The first-order valence-electron chi connectivity index (χ1n) is 12.2. The molecular weight excluding hydrogens is 483 g/mol. The van der Waals surface area contributed by atoms with Gasteiger partial charge in [-0.05, 0) is 12.8 Å². The number of amides is 1. The molecule has 0 unspecified atom stereocenters. The third kappa shape index (κ3) is 8.41. The number of nitrogens with one attached hydrogen (secondary N) is 1. The van der Waals surface area contributed by atoms with E-state index in [-0.39, 0.29) is 19.6 Å². The largest absolute Gasteiger partial charge is 0.447 e. The molecule has 0 saturated carbocycles. The summed E-state index contributed by atoms with van der Waals surface area (Å²) in [6.45, 7) is 4.85. The van der Waals surface area contributed by atoms with Crippen LogP contribution in [0, 0.1) is 12.3 Å². The van der Waals surface area contributed by atoms with E-state index in [1.54, 1.807) is 9.88 Å². The molecule has 2 rings (SSSR count). The Labute approximate surface area is 207 Å². The number of terminal acetylenes is 1. The third-order valence-corrected chi connectivity index (χ3v) is 5.84. The minimum absolute atomic E-state index is 0.0380. The molecule has 9 nitrogen and oxygen atoms in total. The monoisotopic (exact) mass is 517 g/mol. The van der Waals surface area contributed by atoms with Gasteiger partial charge >= 0.3 is 18.0 Å². The lowest BCUT2D eigenvalue weighted by Crippen LogP contribution is -2.37. The molecule has 1 aromatic heterocycles. The summed E-state index contributed by atoms with van der Waals surface area (Å²) in [5.74, 6) is 2.30. The van der Waals surface area contributed by atoms with E-state index in [0.717, 1.165) is 38.5 Å². The van der Waals surface area contributed by atoms with Crippen LogP contribution in [0.1, 0.15) is 70.6 Å². The Morgan fingerprint density at radius 2 is 1.92 bits per heavy atom. The Morgan fingerprint density at radius 1 is 1.22 bits per heavy atom. The SMILES string of the molecule is C#CCO[C@H]1C[C@H](n2cc(C(F)(F)F)c(=O)[nH]c2=O)O[C@@H]1COC(=O)N(CCCC)CCCCCC. The summed E-state index contributed by atoms with van der Waals surface area (Å²) in [5.41, 5.74) is -4.14. The summed E-state index contributed by atoms with van der Waals surface area (Å²) in [4.78, 5) is 39.9. The van der Waals surface area contributed by atoms with Gasteiger partial charge < -0.3 is 19.1 Å². The quantitative estimate of drug-likeness (QED) is 0.316. The number of rotatable bonds is 13. The van der Waals surface area contributed by atoms with Gasteiger partial charge in [0.1, 0.15) is 31.1 Å². The van der Waals surface area contributed by atoms with Crippen LogP contribution in [-0.4, -0.2) is 59.1 Å². The molecule has 1 N–H and O–H groups in total. The molecule has 0 spiro atoms. The Hall–Kier alpha value is -2.78. The molecular formula is C24H34F3N3O6. The average molecular weight is 518 g/mol. The Bertz CT molecular complexity index is 1000. The minimum Gasteiger partial charge on any atom is -0.447 e. The van der Waals surface area contributed by atoms with Crippen molar-refractivity contribution < 1.29 is 32.2 Å². The van der Waals surface area contributed by atoms with Gasteiger partial charge in [-0.3, -0.25) is 14.3 Å². The Morgan fingerprint density at radius 3 is 2.56 bits per heavy atom. The summed E-state index contributed by atoms with van der Waals surface area (Å²) < 4.78 is 57.0. The number of alkyl halides is 3. The van der Waals surface area contributed by atoms with Crippen molar-refractivity contribution in [1.82, 2.24) is 14.5 Å². The maximum Gasteiger partial charge on any atom is 0.423 e. The molecule has 202 valence electrons. The van der Waals surface area contributed by atoms with Gasteiger partial charge in [0, 0.05) is 25.7 Å². The number of aromatic amines is 1. The molecule has 2 heterocycles. The van der Waals surface area contributed by atoms with Crippen LogP contribution in [-0.2, 0) is 20.4 Å². The summed E-state index contributed by atoms with van der Waals surface area (Å²) in [6, 6.07) is 0. The van der Waals surface area contributed by atoms with E-state index < -0.39 is 47.5 Å². The highest BCUT2D eigenvalue weighted by Gasteiger charge is 2.40. The van der Waals surface area contributed by atoms with E-state index >= 15 is 0 Å². The summed E-state index contributed by atoms with van der Waals surface area (Å²) in [5, 5.41) is 0. The fraction of sp³-hybridized carbons (Fsp3) is 0.708. The van der Waals surface area contributed by atoms with Gasteiger partial charge in [0.2, 0.25) is 0 Å². The van der Waals surface area contributed by atoms with Crippen LogP contribution < -0.4 is 11.2 Å². The predicted octanol–water partition coefficient (Wildman–Crippen LogP) is 3.68. The van der Waals surface area contributed by atoms with Gasteiger partial charge in [0.05, 0.1) is 6.10 Å². The van der Waals surface area contributed by atoms with Crippen molar-refractivity contribution >= 4 is 6.09 Å². The van der Waals surface area contributed by atoms with Crippen LogP contribution in [0.25, 0.3) is 0 Å². The lowest BCUT2D eigenvalue weighted by atomic mass is 10.2. The van der Waals surface area contributed by atoms with Crippen LogP contribution in [0.3, 0.4) is 0 Å². The predicted molar refractivity (Wildman–Crippen MR) is 125 cm³/mol.